The van der Waals surface area contributed by atoms with Crippen molar-refractivity contribution in [1.82, 2.24) is 4.72 Å². The van der Waals surface area contributed by atoms with Gasteiger partial charge in [0.05, 0.1) is 5.75 Å². The molecule has 2 atom stereocenters. The minimum atomic E-state index is -3.43. The van der Waals surface area contributed by atoms with Gasteiger partial charge in [0.25, 0.3) is 0 Å². The summed E-state index contributed by atoms with van der Waals surface area (Å²) in [5.41, 5.74) is -0.821. The van der Waals surface area contributed by atoms with E-state index in [2.05, 4.69) is 18.6 Å². The van der Waals surface area contributed by atoms with Gasteiger partial charge in [-0.1, -0.05) is 13.8 Å². The van der Waals surface area contributed by atoms with Crippen molar-refractivity contribution in [2.45, 2.75) is 71.3 Å². The Hall–Kier alpha value is -0.420. The molecule has 5 heteroatoms. The van der Waals surface area contributed by atoms with Crippen LogP contribution in [-0.4, -0.2) is 26.0 Å². The van der Waals surface area contributed by atoms with Crippen LogP contribution in [0.3, 0.4) is 0 Å². The minimum Gasteiger partial charge on any atom is -0.299 e. The van der Waals surface area contributed by atoms with Crippen LogP contribution in [-0.2, 0) is 14.8 Å². The number of hydrogen-bond acceptors (Lipinski definition) is 3. The van der Waals surface area contributed by atoms with Crippen LogP contribution in [0.4, 0.5) is 0 Å². The van der Waals surface area contributed by atoms with Crippen LogP contribution >= 0.6 is 0 Å². The second-order valence-corrected chi connectivity index (χ2v) is 12.3. The molecule has 6 aliphatic rings. The lowest BCUT2D eigenvalue weighted by molar-refractivity contribution is -0.128. The van der Waals surface area contributed by atoms with E-state index >= 15 is 0 Å². The molecule has 0 aromatic rings. The highest BCUT2D eigenvalue weighted by Gasteiger charge is 2.65. The molecule has 25 heavy (non-hydrogen) atoms. The van der Waals surface area contributed by atoms with Crippen LogP contribution in [0.1, 0.15) is 65.2 Å². The van der Waals surface area contributed by atoms with Crippen LogP contribution in [0.25, 0.3) is 0 Å². The molecule has 6 rings (SSSR count). The van der Waals surface area contributed by atoms with Crippen LogP contribution < -0.4 is 4.72 Å². The molecule has 0 radical (unpaired) electrons. The topological polar surface area (TPSA) is 63.2 Å². The third-order valence-electron chi connectivity index (χ3n) is 9.12. The van der Waals surface area contributed by atoms with E-state index in [1.165, 1.54) is 32.1 Å². The van der Waals surface area contributed by atoms with Crippen molar-refractivity contribution in [2.75, 3.05) is 5.75 Å². The highest BCUT2D eigenvalue weighted by atomic mass is 32.2. The molecule has 6 saturated carbocycles. The van der Waals surface area contributed by atoms with Gasteiger partial charge in [-0.3, -0.25) is 4.79 Å². The van der Waals surface area contributed by atoms with Gasteiger partial charge in [0.1, 0.15) is 5.78 Å². The summed E-state index contributed by atoms with van der Waals surface area (Å²) < 4.78 is 29.4. The number of sulfonamides is 1. The maximum atomic E-state index is 13.1. The number of rotatable bonds is 4. The van der Waals surface area contributed by atoms with E-state index in [-0.39, 0.29) is 23.0 Å². The number of carbonyl (C=O) groups is 1. The van der Waals surface area contributed by atoms with Crippen LogP contribution in [0.2, 0.25) is 0 Å². The first kappa shape index (κ1) is 16.7. The lowest BCUT2D eigenvalue weighted by atomic mass is 9.54. The first-order valence-corrected chi connectivity index (χ1v) is 11.9. The maximum absolute atomic E-state index is 13.1. The molecule has 0 saturated heterocycles. The van der Waals surface area contributed by atoms with E-state index in [1.807, 2.05) is 0 Å². The van der Waals surface area contributed by atoms with Crippen molar-refractivity contribution in [1.29, 1.82) is 0 Å². The summed E-state index contributed by atoms with van der Waals surface area (Å²) in [7, 11) is -3.43. The largest absolute Gasteiger partial charge is 0.299 e. The predicted molar refractivity (Wildman–Crippen MR) is 96.3 cm³/mol. The molecule has 0 aromatic carbocycles. The van der Waals surface area contributed by atoms with Crippen LogP contribution in [0, 0.1) is 40.4 Å². The molecule has 0 unspecified atom stereocenters. The molecule has 6 aliphatic carbocycles. The Morgan fingerprint density at radius 3 is 2.12 bits per heavy atom. The summed E-state index contributed by atoms with van der Waals surface area (Å²) in [4.78, 5) is 12.7. The second-order valence-electron chi connectivity index (χ2n) is 10.5. The minimum absolute atomic E-state index is 0.0190. The fourth-order valence-corrected chi connectivity index (χ4v) is 10.0. The van der Waals surface area contributed by atoms with Crippen molar-refractivity contribution in [3.05, 3.63) is 0 Å². The third kappa shape index (κ3) is 2.27. The average Bonchev–Trinajstić information content (AvgIpc) is 2.84. The van der Waals surface area contributed by atoms with Gasteiger partial charge in [-0.15, -0.1) is 0 Å². The van der Waals surface area contributed by atoms with E-state index in [4.69, 9.17) is 0 Å². The lowest BCUT2D eigenvalue weighted by Gasteiger charge is -2.54. The van der Waals surface area contributed by atoms with Gasteiger partial charge in [0.15, 0.2) is 0 Å². The van der Waals surface area contributed by atoms with Gasteiger partial charge in [0.2, 0.25) is 10.0 Å². The van der Waals surface area contributed by atoms with Gasteiger partial charge in [0, 0.05) is 17.9 Å². The fraction of sp³-hybridized carbons (Fsp3) is 0.950. The molecule has 1 N–H and O–H groups in total. The molecular formula is C20H31NO3S. The maximum Gasteiger partial charge on any atom is 0.212 e. The number of hydrogen-bond donors (Lipinski definition) is 1. The number of carbonyl (C=O) groups excluding carboxylic acids is 1. The summed E-state index contributed by atoms with van der Waals surface area (Å²) in [6.07, 6.45) is 8.55. The van der Waals surface area contributed by atoms with Crippen molar-refractivity contribution in [3.63, 3.8) is 0 Å². The van der Waals surface area contributed by atoms with Crippen LogP contribution in [0.5, 0.6) is 0 Å². The predicted octanol–water partition coefficient (Wildman–Crippen LogP) is 3.13. The van der Waals surface area contributed by atoms with E-state index in [0.717, 1.165) is 24.7 Å². The average molecular weight is 366 g/mol. The first-order chi connectivity index (χ1) is 11.7. The zero-order valence-electron chi connectivity index (χ0n) is 15.5. The highest BCUT2D eigenvalue weighted by Crippen LogP contribution is 2.64. The molecule has 0 amide bonds. The van der Waals surface area contributed by atoms with E-state index < -0.39 is 15.4 Å². The second kappa shape index (κ2) is 5.09. The highest BCUT2D eigenvalue weighted by molar-refractivity contribution is 7.89. The molecular weight excluding hydrogens is 334 g/mol. The Balaban J connectivity index is 1.37. The Labute approximate surface area is 151 Å². The van der Waals surface area contributed by atoms with E-state index in [1.54, 1.807) is 0 Å². The standard InChI is InChI=1S/C20H31NO3S/c1-19(2)16-3-4-20(19,17(22)10-16)11-25(23,24)21-18-14-6-12-5-13(8-14)9-15(18)7-12/h12-16,18,21H,3-11H2,1-2H3/t12?,13?,14?,15?,16-,18?,20-/m1/s1. The Bertz CT molecular complexity index is 684. The Morgan fingerprint density at radius 2 is 1.64 bits per heavy atom. The Kier molecular flexibility index (Phi) is 3.41. The van der Waals surface area contributed by atoms with Crippen molar-refractivity contribution in [2.24, 2.45) is 40.4 Å². The quantitative estimate of drug-likeness (QED) is 0.832. The number of Topliss-reactive ketones (excluding diaryl/α,β-unsaturated/α-hetero) is 1. The zero-order chi connectivity index (χ0) is 17.6. The van der Waals surface area contributed by atoms with E-state index in [9.17, 15) is 13.2 Å². The molecule has 6 bridgehead atoms. The summed E-state index contributed by atoms with van der Waals surface area (Å²) >= 11 is 0. The van der Waals surface area contributed by atoms with Crippen molar-refractivity contribution < 1.29 is 13.2 Å². The number of fused-ring (bicyclic) bond motifs is 2. The lowest BCUT2D eigenvalue weighted by Crippen LogP contribution is -2.57. The van der Waals surface area contributed by atoms with E-state index in [0.29, 0.717) is 24.2 Å². The van der Waals surface area contributed by atoms with Crippen molar-refractivity contribution in [3.8, 4) is 0 Å². The summed E-state index contributed by atoms with van der Waals surface area (Å²) in [5.74, 6) is 3.34. The molecule has 4 nitrogen and oxygen atoms in total. The molecule has 0 aliphatic heterocycles. The fourth-order valence-electron chi connectivity index (χ4n) is 7.80. The Morgan fingerprint density at radius 1 is 1.04 bits per heavy atom. The van der Waals surface area contributed by atoms with Crippen molar-refractivity contribution >= 4 is 15.8 Å². The number of nitrogens with one attached hydrogen (secondary N) is 1. The molecule has 0 aromatic heterocycles. The SMILES string of the molecule is CC1(C)[C@@H]2CC[C@@]1(CS(=O)(=O)NC1C3CC4CC(C3)CC1C4)C(=O)C2. The zero-order valence-corrected chi connectivity index (χ0v) is 16.3. The summed E-state index contributed by atoms with van der Waals surface area (Å²) in [6.45, 7) is 4.24. The van der Waals surface area contributed by atoms with Gasteiger partial charge < -0.3 is 0 Å². The number of ketones is 1. The first-order valence-electron chi connectivity index (χ1n) is 10.2. The monoisotopic (exact) mass is 365 g/mol. The smallest absolute Gasteiger partial charge is 0.212 e. The van der Waals surface area contributed by atoms with Gasteiger partial charge in [-0.25, -0.2) is 13.1 Å². The molecule has 6 fully saturated rings. The summed E-state index contributed by atoms with van der Waals surface area (Å²) in [5, 5.41) is 0. The van der Waals surface area contributed by atoms with Gasteiger partial charge in [-0.05, 0) is 80.0 Å². The van der Waals surface area contributed by atoms with Gasteiger partial charge in [-0.2, -0.15) is 0 Å². The normalized spacial score (nSPS) is 49.9. The molecule has 0 heterocycles. The summed E-state index contributed by atoms with van der Waals surface area (Å²) in [6, 6.07) is 0.131. The third-order valence-corrected chi connectivity index (χ3v) is 10.6. The van der Waals surface area contributed by atoms with Gasteiger partial charge >= 0.3 is 0 Å². The molecule has 140 valence electrons. The molecule has 0 spiro atoms. The van der Waals surface area contributed by atoms with Crippen LogP contribution in [0.15, 0.2) is 0 Å².